The van der Waals surface area contributed by atoms with Gasteiger partial charge >= 0.3 is 18.0 Å². The van der Waals surface area contributed by atoms with E-state index in [9.17, 15) is 14.4 Å². The standard InChI is InChI=1S/C20H26N2O6/c1-20(2,3)28-19(25)21-11-10-13-12-8-6-7-9-14(12)22-16(13)15(17(23)26-4)18(24)27-5/h6-9,15,22H,10-11H2,1-5H3,(H,21,25). The Labute approximate surface area is 163 Å². The molecule has 0 saturated heterocycles. The number of nitrogens with one attached hydrogen (secondary N) is 2. The minimum atomic E-state index is -1.24. The Morgan fingerprint density at radius 3 is 2.25 bits per heavy atom. The van der Waals surface area contributed by atoms with Crippen LogP contribution in [0.4, 0.5) is 4.79 Å². The number of hydrogen-bond acceptors (Lipinski definition) is 6. The Bertz CT molecular complexity index is 849. The highest BCUT2D eigenvalue weighted by atomic mass is 16.6. The number of H-pyrrole nitrogens is 1. The number of fused-ring (bicyclic) bond motifs is 1. The van der Waals surface area contributed by atoms with Gasteiger partial charge in [-0.15, -0.1) is 0 Å². The third-order valence-corrected chi connectivity index (χ3v) is 4.05. The van der Waals surface area contributed by atoms with Gasteiger partial charge in [0.25, 0.3) is 0 Å². The second kappa shape index (κ2) is 8.77. The van der Waals surface area contributed by atoms with Crippen molar-refractivity contribution < 1.29 is 28.6 Å². The van der Waals surface area contributed by atoms with Crippen LogP contribution in [0.2, 0.25) is 0 Å². The molecule has 0 fully saturated rings. The van der Waals surface area contributed by atoms with Gasteiger partial charge in [0.2, 0.25) is 0 Å². The largest absolute Gasteiger partial charge is 0.468 e. The molecule has 1 heterocycles. The first-order valence-corrected chi connectivity index (χ1v) is 8.90. The highest BCUT2D eigenvalue weighted by Crippen LogP contribution is 2.30. The number of methoxy groups -OCH3 is 2. The molecule has 1 aromatic carbocycles. The van der Waals surface area contributed by atoms with Crippen LogP contribution in [-0.4, -0.2) is 49.4 Å². The Hall–Kier alpha value is -3.03. The zero-order chi connectivity index (χ0) is 20.9. The molecule has 8 nitrogen and oxygen atoms in total. The molecule has 0 bridgehead atoms. The van der Waals surface area contributed by atoms with E-state index < -0.39 is 29.6 Å². The highest BCUT2D eigenvalue weighted by molar-refractivity contribution is 6.02. The highest BCUT2D eigenvalue weighted by Gasteiger charge is 2.34. The van der Waals surface area contributed by atoms with Crippen molar-refractivity contribution in [1.29, 1.82) is 0 Å². The van der Waals surface area contributed by atoms with Crippen LogP contribution in [0.3, 0.4) is 0 Å². The number of aromatic nitrogens is 1. The Kier molecular flexibility index (Phi) is 6.66. The smallest absolute Gasteiger partial charge is 0.407 e. The first-order chi connectivity index (χ1) is 13.2. The number of esters is 2. The number of amides is 1. The molecule has 0 aliphatic heterocycles. The predicted octanol–water partition coefficient (Wildman–Crippen LogP) is 2.66. The maximum atomic E-state index is 12.2. The van der Waals surface area contributed by atoms with E-state index in [4.69, 9.17) is 14.2 Å². The summed E-state index contributed by atoms with van der Waals surface area (Å²) in [5, 5.41) is 3.54. The second-order valence-corrected chi connectivity index (χ2v) is 7.22. The molecule has 28 heavy (non-hydrogen) atoms. The normalized spacial score (nSPS) is 11.4. The summed E-state index contributed by atoms with van der Waals surface area (Å²) in [6.07, 6.45) is -0.158. The molecule has 1 amide bonds. The lowest BCUT2D eigenvalue weighted by Crippen LogP contribution is -2.33. The van der Waals surface area contributed by atoms with Crippen molar-refractivity contribution in [1.82, 2.24) is 10.3 Å². The van der Waals surface area contributed by atoms with E-state index in [1.165, 1.54) is 14.2 Å². The fourth-order valence-corrected chi connectivity index (χ4v) is 2.91. The van der Waals surface area contributed by atoms with Crippen molar-refractivity contribution in [3.63, 3.8) is 0 Å². The number of alkyl carbamates (subject to hydrolysis) is 1. The average Bonchev–Trinajstić information content (AvgIpc) is 2.98. The number of para-hydroxylation sites is 1. The molecule has 8 heteroatoms. The minimum Gasteiger partial charge on any atom is -0.468 e. The fraction of sp³-hybridized carbons (Fsp3) is 0.450. The monoisotopic (exact) mass is 390 g/mol. The Morgan fingerprint density at radius 2 is 1.68 bits per heavy atom. The summed E-state index contributed by atoms with van der Waals surface area (Å²) in [6, 6.07) is 7.42. The van der Waals surface area contributed by atoms with Gasteiger partial charge in [0.15, 0.2) is 5.92 Å². The molecular formula is C20H26N2O6. The van der Waals surface area contributed by atoms with Crippen molar-refractivity contribution in [2.75, 3.05) is 20.8 Å². The van der Waals surface area contributed by atoms with Gasteiger partial charge in [0.05, 0.1) is 14.2 Å². The number of benzene rings is 1. The van der Waals surface area contributed by atoms with Gasteiger partial charge < -0.3 is 24.5 Å². The van der Waals surface area contributed by atoms with Crippen LogP contribution >= 0.6 is 0 Å². The van der Waals surface area contributed by atoms with Crippen molar-refractivity contribution in [3.05, 3.63) is 35.5 Å². The van der Waals surface area contributed by atoms with E-state index in [2.05, 4.69) is 10.3 Å². The summed E-state index contributed by atoms with van der Waals surface area (Å²) in [7, 11) is 2.43. The number of hydrogen-bond donors (Lipinski definition) is 2. The van der Waals surface area contributed by atoms with Crippen molar-refractivity contribution in [2.45, 2.75) is 38.7 Å². The minimum absolute atomic E-state index is 0.263. The Balaban J connectivity index is 2.33. The number of aromatic amines is 1. The molecule has 0 radical (unpaired) electrons. The van der Waals surface area contributed by atoms with Crippen LogP contribution < -0.4 is 5.32 Å². The molecule has 152 valence electrons. The molecule has 2 N–H and O–H groups in total. The zero-order valence-electron chi connectivity index (χ0n) is 16.8. The predicted molar refractivity (Wildman–Crippen MR) is 103 cm³/mol. The molecule has 2 aromatic rings. The third kappa shape index (κ3) is 5.03. The van der Waals surface area contributed by atoms with E-state index in [0.29, 0.717) is 12.1 Å². The summed E-state index contributed by atoms with van der Waals surface area (Å²) in [6.45, 7) is 5.60. The quantitative estimate of drug-likeness (QED) is 0.446. The SMILES string of the molecule is COC(=O)C(C(=O)OC)c1[nH]c2ccccc2c1CCNC(=O)OC(C)(C)C. The van der Waals surface area contributed by atoms with Crippen molar-refractivity contribution in [2.24, 2.45) is 0 Å². The van der Waals surface area contributed by atoms with Crippen LogP contribution in [0.5, 0.6) is 0 Å². The van der Waals surface area contributed by atoms with E-state index in [-0.39, 0.29) is 6.54 Å². The number of carbonyl (C=O) groups excluding carboxylic acids is 3. The van der Waals surface area contributed by atoms with E-state index in [1.54, 1.807) is 20.8 Å². The first kappa shape index (κ1) is 21.3. The molecule has 0 aliphatic rings. The van der Waals surface area contributed by atoms with Gasteiger partial charge in [0, 0.05) is 23.1 Å². The van der Waals surface area contributed by atoms with Gasteiger partial charge in [-0.1, -0.05) is 18.2 Å². The summed E-state index contributed by atoms with van der Waals surface area (Å²) in [4.78, 5) is 39.5. The lowest BCUT2D eigenvalue weighted by molar-refractivity contribution is -0.154. The van der Waals surface area contributed by atoms with E-state index in [0.717, 1.165) is 16.5 Å². The van der Waals surface area contributed by atoms with Crippen molar-refractivity contribution in [3.8, 4) is 0 Å². The van der Waals surface area contributed by atoms with Gasteiger partial charge in [-0.05, 0) is 38.8 Å². The molecule has 0 atom stereocenters. The topological polar surface area (TPSA) is 107 Å². The van der Waals surface area contributed by atoms with Crippen LogP contribution in [0.1, 0.15) is 37.9 Å². The molecule has 2 rings (SSSR count). The fourth-order valence-electron chi connectivity index (χ4n) is 2.91. The molecule has 0 saturated carbocycles. The van der Waals surface area contributed by atoms with Gasteiger partial charge in [-0.2, -0.15) is 0 Å². The zero-order valence-corrected chi connectivity index (χ0v) is 16.8. The lowest BCUT2D eigenvalue weighted by Gasteiger charge is -2.19. The number of rotatable bonds is 6. The van der Waals surface area contributed by atoms with Gasteiger partial charge in [-0.25, -0.2) is 4.79 Å². The lowest BCUT2D eigenvalue weighted by atomic mass is 9.98. The summed E-state index contributed by atoms with van der Waals surface area (Å²) in [5.74, 6) is -2.68. The summed E-state index contributed by atoms with van der Waals surface area (Å²) >= 11 is 0. The van der Waals surface area contributed by atoms with E-state index in [1.807, 2.05) is 24.3 Å². The Morgan fingerprint density at radius 1 is 1.07 bits per heavy atom. The molecular weight excluding hydrogens is 364 g/mol. The third-order valence-electron chi connectivity index (χ3n) is 4.05. The molecule has 0 aliphatic carbocycles. The van der Waals surface area contributed by atoms with E-state index >= 15 is 0 Å². The second-order valence-electron chi connectivity index (χ2n) is 7.22. The number of ether oxygens (including phenoxy) is 3. The van der Waals surface area contributed by atoms with Crippen LogP contribution in [0.15, 0.2) is 24.3 Å². The van der Waals surface area contributed by atoms with Gasteiger partial charge in [0.1, 0.15) is 5.60 Å². The van der Waals surface area contributed by atoms with Crippen molar-refractivity contribution >= 4 is 28.9 Å². The molecule has 0 spiro atoms. The number of carbonyl (C=O) groups is 3. The molecule has 0 unspecified atom stereocenters. The van der Waals surface area contributed by atoms with Crippen LogP contribution in [0.25, 0.3) is 10.9 Å². The summed E-state index contributed by atoms with van der Waals surface area (Å²) in [5.41, 5.74) is 1.29. The maximum absolute atomic E-state index is 12.2. The van der Waals surface area contributed by atoms with Gasteiger partial charge in [-0.3, -0.25) is 9.59 Å². The average molecular weight is 390 g/mol. The van der Waals surface area contributed by atoms with Crippen LogP contribution in [-0.2, 0) is 30.2 Å². The summed E-state index contributed by atoms with van der Waals surface area (Å²) < 4.78 is 14.8. The first-order valence-electron chi connectivity index (χ1n) is 8.90. The van der Waals surface area contributed by atoms with Crippen LogP contribution in [0, 0.1) is 0 Å². The maximum Gasteiger partial charge on any atom is 0.407 e. The molecule has 1 aromatic heterocycles.